The highest BCUT2D eigenvalue weighted by molar-refractivity contribution is 6.18. The summed E-state index contributed by atoms with van der Waals surface area (Å²) in [4.78, 5) is 56.6. The third-order valence-electron chi connectivity index (χ3n) is 10.6. The molecule has 7 rings (SSSR count). The summed E-state index contributed by atoms with van der Waals surface area (Å²) in [6.07, 6.45) is 3.77. The predicted octanol–water partition coefficient (Wildman–Crippen LogP) is 12.0. The molecule has 0 fully saturated rings. The van der Waals surface area contributed by atoms with Crippen LogP contribution in [0.4, 0.5) is 39.8 Å². The van der Waals surface area contributed by atoms with E-state index < -0.39 is 18.1 Å². The highest BCUT2D eigenvalue weighted by Gasteiger charge is 2.39. The lowest BCUT2D eigenvalue weighted by Gasteiger charge is -2.44. The second kappa shape index (κ2) is 20.9. The van der Waals surface area contributed by atoms with Crippen molar-refractivity contribution in [2.45, 2.75) is 45.7 Å². The first-order valence-corrected chi connectivity index (χ1v) is 21.2. The number of carbonyl (C=O) groups excluding carboxylic acids is 4. The summed E-state index contributed by atoms with van der Waals surface area (Å²) in [6.45, 7) is 7.19. The van der Waals surface area contributed by atoms with Gasteiger partial charge in [-0.1, -0.05) is 30.8 Å². The molecule has 0 saturated heterocycles. The molecule has 65 heavy (non-hydrogen) atoms. The summed E-state index contributed by atoms with van der Waals surface area (Å²) >= 11 is 0. The Morgan fingerprint density at radius 3 is 1.77 bits per heavy atom. The van der Waals surface area contributed by atoms with E-state index >= 15 is 0 Å². The third-order valence-corrected chi connectivity index (χ3v) is 10.6. The van der Waals surface area contributed by atoms with E-state index in [1.165, 1.54) is 13.8 Å². The van der Waals surface area contributed by atoms with Gasteiger partial charge in [-0.15, -0.1) is 5.11 Å². The van der Waals surface area contributed by atoms with E-state index in [1.54, 1.807) is 70.5 Å². The van der Waals surface area contributed by atoms with Gasteiger partial charge in [0.1, 0.15) is 17.7 Å². The van der Waals surface area contributed by atoms with Crippen molar-refractivity contribution < 1.29 is 33.4 Å². The highest BCUT2D eigenvalue weighted by atomic mass is 16.5. The zero-order valence-corrected chi connectivity index (χ0v) is 36.7. The minimum absolute atomic E-state index is 0.277. The van der Waals surface area contributed by atoms with Crippen LogP contribution in [-0.2, 0) is 19.1 Å². The van der Waals surface area contributed by atoms with Gasteiger partial charge in [0.15, 0.2) is 0 Å². The number of hydrogen-bond acceptors (Lipinski definition) is 12. The summed E-state index contributed by atoms with van der Waals surface area (Å²) < 4.78 is 16.5. The van der Waals surface area contributed by atoms with Crippen LogP contribution in [0.15, 0.2) is 161 Å². The number of hydrogen-bond donors (Lipinski definition) is 0. The fourth-order valence-electron chi connectivity index (χ4n) is 7.37. The van der Waals surface area contributed by atoms with Crippen LogP contribution in [0.2, 0.25) is 0 Å². The zero-order valence-electron chi connectivity index (χ0n) is 36.7. The summed E-state index contributed by atoms with van der Waals surface area (Å²) in [5, 5.41) is 19.2. The summed E-state index contributed by atoms with van der Waals surface area (Å²) in [7, 11) is 3.96. The molecule has 1 heterocycles. The Bertz CT molecular complexity index is 2710. The maximum atomic E-state index is 13.6. The van der Waals surface area contributed by atoms with E-state index in [9.17, 15) is 19.2 Å². The smallest absolute Gasteiger partial charge is 0.343 e. The second-order valence-corrected chi connectivity index (χ2v) is 15.4. The van der Waals surface area contributed by atoms with Crippen LogP contribution in [0, 0.1) is 0 Å². The van der Waals surface area contributed by atoms with Crippen LogP contribution >= 0.6 is 0 Å². The van der Waals surface area contributed by atoms with Gasteiger partial charge in [-0.05, 0) is 134 Å². The molecular weight excluding hydrogens is 823 g/mol. The van der Waals surface area contributed by atoms with Gasteiger partial charge < -0.3 is 19.1 Å². The second-order valence-electron chi connectivity index (χ2n) is 15.4. The van der Waals surface area contributed by atoms with Gasteiger partial charge in [0.05, 0.1) is 52.9 Å². The molecule has 330 valence electrons. The molecule has 1 aliphatic rings. The van der Waals surface area contributed by atoms with Gasteiger partial charge in [0, 0.05) is 50.5 Å². The number of anilines is 3. The lowest BCUT2D eigenvalue weighted by atomic mass is 9.97. The first kappa shape index (κ1) is 45.0. The molecule has 14 nitrogen and oxygen atoms in total. The molecule has 6 aromatic carbocycles. The molecule has 1 unspecified atom stereocenters. The quantitative estimate of drug-likeness (QED) is 0.0288. The topological polar surface area (TPSA) is 155 Å². The molecule has 0 N–H and O–H groups in total. The van der Waals surface area contributed by atoms with Crippen LogP contribution in [0.25, 0.3) is 10.8 Å². The molecule has 0 aromatic heterocycles. The fraction of sp³-hybridized carbons (Fsp3) is 0.216. The summed E-state index contributed by atoms with van der Waals surface area (Å²) in [6, 6.07) is 37.7. The van der Waals surface area contributed by atoms with E-state index in [0.29, 0.717) is 75.0 Å². The molecule has 0 spiro atoms. The number of ether oxygens (including phenoxy) is 3. The number of nitrogens with zero attached hydrogens (tertiary/aromatic N) is 7. The standard InChI is InChI=1S/C51H49N7O7/c1-6-48(61)64-33-10-8-7-9-32-63-42-26-16-37(17-27-42)51(62)65-43-28-14-36(15-29-43)50-57(34(2)59)46-13-11-12-44-45(30-31-47(49(44)46)58(50)35(3)60)55-54-39-20-18-38(19-21-39)52-53-40-22-24-41(25-23-40)56(4)5/h6,11-31,50H,1,7-10,32-33H2,2-5H3/b53-52+,55-54+. The van der Waals surface area contributed by atoms with Crippen LogP contribution in [0.3, 0.4) is 0 Å². The molecule has 0 radical (unpaired) electrons. The van der Waals surface area contributed by atoms with E-state index in [4.69, 9.17) is 14.2 Å². The number of rotatable bonds is 17. The van der Waals surface area contributed by atoms with Crippen molar-refractivity contribution >= 4 is 74.3 Å². The zero-order chi connectivity index (χ0) is 45.9. The lowest BCUT2D eigenvalue weighted by molar-refractivity contribution is -0.137. The van der Waals surface area contributed by atoms with E-state index in [1.807, 2.05) is 85.7 Å². The first-order chi connectivity index (χ1) is 31.5. The Kier molecular flexibility index (Phi) is 14.5. The summed E-state index contributed by atoms with van der Waals surface area (Å²) in [5.41, 5.74) is 5.84. The normalized spacial score (nSPS) is 13.3. The SMILES string of the molecule is C=CC(=O)OCCCCCCOc1ccc(C(=O)Oc2ccc(C3N(C(C)=O)c4cccc5c(/N=N/c6ccc(/N=N/c7ccc(N(C)C)cc7)cc6)ccc(c45)N3C(C)=O)cc2)cc1. The van der Waals surface area contributed by atoms with Crippen molar-refractivity contribution in [3.63, 3.8) is 0 Å². The largest absolute Gasteiger partial charge is 0.494 e. The molecule has 0 saturated carbocycles. The number of esters is 2. The number of amides is 2. The molecule has 14 heteroatoms. The molecular formula is C51H49N7O7. The molecule has 0 aliphatic carbocycles. The molecule has 0 bridgehead atoms. The van der Waals surface area contributed by atoms with Crippen molar-refractivity contribution in [1.29, 1.82) is 0 Å². The number of unbranched alkanes of at least 4 members (excludes halogenated alkanes) is 3. The Hall–Kier alpha value is -8.00. The summed E-state index contributed by atoms with van der Waals surface area (Å²) in [5.74, 6) is -0.597. The van der Waals surface area contributed by atoms with Crippen LogP contribution in [0.5, 0.6) is 11.5 Å². The monoisotopic (exact) mass is 871 g/mol. The van der Waals surface area contributed by atoms with E-state index in [0.717, 1.165) is 43.1 Å². The van der Waals surface area contributed by atoms with Crippen molar-refractivity contribution in [2.24, 2.45) is 20.5 Å². The van der Waals surface area contributed by atoms with Crippen LogP contribution in [-0.4, -0.2) is 51.1 Å². The third kappa shape index (κ3) is 11.0. The fourth-order valence-corrected chi connectivity index (χ4v) is 7.37. The maximum absolute atomic E-state index is 13.6. The number of carbonyl (C=O) groups is 4. The Labute approximate surface area is 377 Å². The van der Waals surface area contributed by atoms with Gasteiger partial charge in [0.25, 0.3) is 0 Å². The van der Waals surface area contributed by atoms with E-state index in [-0.39, 0.29) is 11.8 Å². The average Bonchev–Trinajstić information content (AvgIpc) is 3.31. The van der Waals surface area contributed by atoms with Crippen molar-refractivity contribution in [2.75, 3.05) is 42.0 Å². The Morgan fingerprint density at radius 1 is 0.631 bits per heavy atom. The van der Waals surface area contributed by atoms with Gasteiger partial charge in [-0.3, -0.25) is 19.4 Å². The molecule has 1 aliphatic heterocycles. The highest BCUT2D eigenvalue weighted by Crippen LogP contribution is 2.49. The minimum atomic E-state index is -0.831. The van der Waals surface area contributed by atoms with Crippen LogP contribution < -0.4 is 24.2 Å². The minimum Gasteiger partial charge on any atom is -0.494 e. The predicted molar refractivity (Wildman–Crippen MR) is 252 cm³/mol. The van der Waals surface area contributed by atoms with Crippen molar-refractivity contribution in [3.05, 3.63) is 151 Å². The van der Waals surface area contributed by atoms with Gasteiger partial charge in [-0.2, -0.15) is 15.3 Å². The maximum Gasteiger partial charge on any atom is 0.343 e. The van der Waals surface area contributed by atoms with Gasteiger partial charge in [-0.25, -0.2) is 9.59 Å². The van der Waals surface area contributed by atoms with Gasteiger partial charge >= 0.3 is 11.9 Å². The molecule has 1 atom stereocenters. The van der Waals surface area contributed by atoms with E-state index in [2.05, 4.69) is 27.0 Å². The Balaban J connectivity index is 1.02. The van der Waals surface area contributed by atoms with Crippen molar-refractivity contribution in [1.82, 2.24) is 0 Å². The van der Waals surface area contributed by atoms with Gasteiger partial charge in [0.2, 0.25) is 11.8 Å². The average molecular weight is 872 g/mol. The lowest BCUT2D eigenvalue weighted by Crippen LogP contribution is -2.48. The Morgan fingerprint density at radius 2 is 1.18 bits per heavy atom. The number of benzene rings is 6. The van der Waals surface area contributed by atoms with Crippen molar-refractivity contribution in [3.8, 4) is 11.5 Å². The first-order valence-electron chi connectivity index (χ1n) is 21.2. The molecule has 2 amide bonds. The molecule has 6 aromatic rings. The van der Waals surface area contributed by atoms with Crippen LogP contribution in [0.1, 0.15) is 61.6 Å². The number of azo groups is 2.